The predicted molar refractivity (Wildman–Crippen MR) is 80.8 cm³/mol. The third-order valence-electron chi connectivity index (χ3n) is 3.10. The molecule has 0 N–H and O–H groups in total. The van der Waals surface area contributed by atoms with Crippen molar-refractivity contribution < 1.29 is 18.9 Å². The van der Waals surface area contributed by atoms with Gasteiger partial charge in [-0.3, -0.25) is 19.5 Å². The first-order valence-electron chi connectivity index (χ1n) is 6.93. The summed E-state index contributed by atoms with van der Waals surface area (Å²) in [4.78, 5) is 33.9. The van der Waals surface area contributed by atoms with Gasteiger partial charge in [0.2, 0.25) is 11.8 Å². The van der Waals surface area contributed by atoms with Gasteiger partial charge in [0.05, 0.1) is 17.6 Å². The summed E-state index contributed by atoms with van der Waals surface area (Å²) < 4.78 is 11.0. The quantitative estimate of drug-likeness (QED) is 0.463. The number of esters is 1. The van der Waals surface area contributed by atoms with Crippen LogP contribution in [0, 0.1) is 10.1 Å². The van der Waals surface area contributed by atoms with E-state index < -0.39 is 22.1 Å². The molecule has 10 nitrogen and oxygen atoms in total. The van der Waals surface area contributed by atoms with Crippen LogP contribution in [0.4, 0.5) is 5.69 Å². The van der Waals surface area contributed by atoms with Crippen molar-refractivity contribution in [3.05, 3.63) is 50.1 Å². The van der Waals surface area contributed by atoms with Gasteiger partial charge >= 0.3 is 17.2 Å². The number of nitrogens with zero attached hydrogens (tertiary/aromatic N) is 4. The molecule has 24 heavy (non-hydrogen) atoms. The molecule has 0 saturated heterocycles. The van der Waals surface area contributed by atoms with Crippen LogP contribution < -0.4 is 5.56 Å². The number of carbonyl (C=O) groups excluding carboxylic acids is 1. The van der Waals surface area contributed by atoms with Gasteiger partial charge < -0.3 is 9.15 Å². The Labute approximate surface area is 136 Å². The Balaban J connectivity index is 2.47. The number of ether oxygens (including phenoxy) is 1. The number of carbonyl (C=O) groups is 1. The van der Waals surface area contributed by atoms with Crippen LogP contribution in [0.2, 0.25) is 0 Å². The molecule has 0 aliphatic rings. The van der Waals surface area contributed by atoms with Crippen molar-refractivity contribution in [1.29, 1.82) is 0 Å². The molecular formula is C14H16N4O6. The zero-order valence-corrected chi connectivity index (χ0v) is 13.6. The third-order valence-corrected chi connectivity index (χ3v) is 3.10. The van der Waals surface area contributed by atoms with E-state index in [2.05, 4.69) is 14.9 Å². The van der Waals surface area contributed by atoms with E-state index in [0.717, 1.165) is 23.9 Å². The summed E-state index contributed by atoms with van der Waals surface area (Å²) in [6.07, 6.45) is 1.15. The Kier molecular flexibility index (Phi) is 4.49. The standard InChI is InChI=1S/C14H16N4O6/c1-14(2,3)13-16-15-10(24-13)7-17-6-8(12(20)23-4)5-9(11(17)19)18(21)22/h5-6H,7H2,1-4H3. The summed E-state index contributed by atoms with van der Waals surface area (Å²) in [5.41, 5.74) is -2.13. The van der Waals surface area contributed by atoms with E-state index in [-0.39, 0.29) is 23.4 Å². The van der Waals surface area contributed by atoms with Crippen molar-refractivity contribution in [3.63, 3.8) is 0 Å². The SMILES string of the molecule is COC(=O)c1cc([N+](=O)[O-])c(=O)n(Cc2nnc(C(C)(C)C)o2)c1. The third kappa shape index (κ3) is 3.47. The summed E-state index contributed by atoms with van der Waals surface area (Å²) in [6.45, 7) is 5.42. The monoisotopic (exact) mass is 336 g/mol. The topological polar surface area (TPSA) is 130 Å². The fourth-order valence-corrected chi connectivity index (χ4v) is 1.86. The molecule has 0 saturated carbocycles. The van der Waals surface area contributed by atoms with Crippen molar-refractivity contribution in [2.45, 2.75) is 32.7 Å². The zero-order valence-electron chi connectivity index (χ0n) is 13.6. The van der Waals surface area contributed by atoms with Crippen molar-refractivity contribution in [2.24, 2.45) is 0 Å². The molecular weight excluding hydrogens is 320 g/mol. The second-order valence-corrected chi connectivity index (χ2v) is 6.05. The van der Waals surface area contributed by atoms with Gasteiger partial charge in [0, 0.05) is 17.7 Å². The Bertz CT molecular complexity index is 846. The number of pyridine rings is 1. The van der Waals surface area contributed by atoms with Gasteiger partial charge in [0.15, 0.2) is 0 Å². The Hall–Kier alpha value is -3.04. The first kappa shape index (κ1) is 17.3. The van der Waals surface area contributed by atoms with E-state index in [0.29, 0.717) is 5.89 Å². The minimum Gasteiger partial charge on any atom is -0.465 e. The van der Waals surface area contributed by atoms with Gasteiger partial charge in [-0.1, -0.05) is 20.8 Å². The highest BCUT2D eigenvalue weighted by molar-refractivity contribution is 5.89. The lowest BCUT2D eigenvalue weighted by Gasteiger charge is -2.11. The minimum atomic E-state index is -0.886. The van der Waals surface area contributed by atoms with E-state index in [4.69, 9.17) is 4.42 Å². The molecule has 128 valence electrons. The molecule has 0 aromatic carbocycles. The van der Waals surface area contributed by atoms with Crippen molar-refractivity contribution >= 4 is 11.7 Å². The Morgan fingerprint density at radius 3 is 2.58 bits per heavy atom. The molecule has 0 unspecified atom stereocenters. The molecule has 0 aliphatic heterocycles. The maximum atomic E-state index is 12.2. The summed E-state index contributed by atoms with van der Waals surface area (Å²) in [5, 5.41) is 18.7. The van der Waals surface area contributed by atoms with Crippen LogP contribution in [0.5, 0.6) is 0 Å². The highest BCUT2D eigenvalue weighted by Crippen LogP contribution is 2.20. The Morgan fingerprint density at radius 2 is 2.08 bits per heavy atom. The molecule has 0 bridgehead atoms. The van der Waals surface area contributed by atoms with Crippen LogP contribution in [-0.2, 0) is 16.7 Å². The van der Waals surface area contributed by atoms with Crippen LogP contribution in [0.15, 0.2) is 21.5 Å². The highest BCUT2D eigenvalue weighted by Gasteiger charge is 2.24. The summed E-state index contributed by atoms with van der Waals surface area (Å²) in [5.74, 6) is -0.338. The first-order chi connectivity index (χ1) is 11.1. The number of aromatic nitrogens is 3. The van der Waals surface area contributed by atoms with Gasteiger partial charge in [0.25, 0.3) is 0 Å². The molecule has 0 aliphatic carbocycles. The van der Waals surface area contributed by atoms with Crippen molar-refractivity contribution in [2.75, 3.05) is 7.11 Å². The maximum Gasteiger partial charge on any atom is 0.339 e. The summed E-state index contributed by atoms with van der Waals surface area (Å²) >= 11 is 0. The zero-order chi connectivity index (χ0) is 18.1. The largest absolute Gasteiger partial charge is 0.465 e. The number of rotatable bonds is 4. The number of methoxy groups -OCH3 is 1. The molecule has 2 aromatic rings. The van der Waals surface area contributed by atoms with Gasteiger partial charge in [-0.2, -0.15) is 0 Å². The molecule has 0 amide bonds. The van der Waals surface area contributed by atoms with Crippen LogP contribution in [-0.4, -0.2) is 32.8 Å². The molecule has 2 rings (SSSR count). The van der Waals surface area contributed by atoms with Gasteiger partial charge in [-0.15, -0.1) is 10.2 Å². The molecule has 2 aromatic heterocycles. The van der Waals surface area contributed by atoms with Gasteiger partial charge in [-0.25, -0.2) is 4.79 Å². The van der Waals surface area contributed by atoms with E-state index >= 15 is 0 Å². The first-order valence-corrected chi connectivity index (χ1v) is 6.93. The summed E-state index contributed by atoms with van der Waals surface area (Å²) in [6, 6.07) is 0.874. The van der Waals surface area contributed by atoms with E-state index in [1.54, 1.807) is 0 Å². The molecule has 10 heteroatoms. The fourth-order valence-electron chi connectivity index (χ4n) is 1.86. The molecule has 0 spiro atoms. The second kappa shape index (κ2) is 6.22. The second-order valence-electron chi connectivity index (χ2n) is 6.05. The van der Waals surface area contributed by atoms with E-state index in [9.17, 15) is 19.7 Å². The molecule has 0 atom stereocenters. The average Bonchev–Trinajstić information content (AvgIpc) is 2.97. The lowest BCUT2D eigenvalue weighted by Crippen LogP contribution is -2.24. The lowest BCUT2D eigenvalue weighted by atomic mass is 9.97. The van der Waals surface area contributed by atoms with Crippen molar-refractivity contribution in [3.8, 4) is 0 Å². The number of hydrogen-bond acceptors (Lipinski definition) is 8. The van der Waals surface area contributed by atoms with Crippen LogP contribution >= 0.6 is 0 Å². The normalized spacial score (nSPS) is 11.3. The Morgan fingerprint density at radius 1 is 1.42 bits per heavy atom. The number of hydrogen-bond donors (Lipinski definition) is 0. The smallest absolute Gasteiger partial charge is 0.339 e. The molecule has 0 fully saturated rings. The lowest BCUT2D eigenvalue weighted by molar-refractivity contribution is -0.386. The van der Waals surface area contributed by atoms with Crippen LogP contribution in [0.3, 0.4) is 0 Å². The van der Waals surface area contributed by atoms with Gasteiger partial charge in [0.1, 0.15) is 6.54 Å². The van der Waals surface area contributed by atoms with Crippen LogP contribution in [0.1, 0.15) is 42.9 Å². The fraction of sp³-hybridized carbons (Fsp3) is 0.429. The van der Waals surface area contributed by atoms with Crippen molar-refractivity contribution in [1.82, 2.24) is 14.8 Å². The van der Waals surface area contributed by atoms with E-state index in [1.165, 1.54) is 0 Å². The number of nitro groups is 1. The molecule has 0 radical (unpaired) electrons. The minimum absolute atomic E-state index is 0.0957. The van der Waals surface area contributed by atoms with Gasteiger partial charge in [-0.05, 0) is 0 Å². The molecule has 2 heterocycles. The van der Waals surface area contributed by atoms with Crippen LogP contribution in [0.25, 0.3) is 0 Å². The summed E-state index contributed by atoms with van der Waals surface area (Å²) in [7, 11) is 1.14. The predicted octanol–water partition coefficient (Wildman–Crippen LogP) is 1.27. The van der Waals surface area contributed by atoms with E-state index in [1.807, 2.05) is 20.8 Å². The maximum absolute atomic E-state index is 12.2. The highest BCUT2D eigenvalue weighted by atomic mass is 16.6. The average molecular weight is 336 g/mol.